The number of hydrogen-bond donors (Lipinski definition) is 0. The van der Waals surface area contributed by atoms with Crippen molar-refractivity contribution in [3.63, 3.8) is 0 Å². The van der Waals surface area contributed by atoms with Crippen LogP contribution in [0, 0.1) is 5.92 Å². The van der Waals surface area contributed by atoms with Crippen molar-refractivity contribution in [2.45, 2.75) is 159 Å². The Hall–Kier alpha value is -0.0800. The Morgan fingerprint density at radius 3 is 1.44 bits per heavy atom. The van der Waals surface area contributed by atoms with E-state index in [0.29, 0.717) is 4.08 Å². The molecule has 0 aromatic heterocycles. The smallest absolute Gasteiger partial charge is 0.0860 e. The number of hydrogen-bond acceptors (Lipinski definition) is 2. The fourth-order valence-corrected chi connectivity index (χ4v) is 9.33. The lowest BCUT2D eigenvalue weighted by Gasteiger charge is -2.40. The standard InChI is InChI=1S/C34H60S2/c1-3-5-7-9-11-13-15-17-19-22-26-32-30-35-34(36-31-32,33-27-23-21-24-28-33)29-25-20-18-16-14-12-10-8-6-4-2/h21,23-24,27-28,32H,3-20,22,25-26,29-31H2,1-2H3. The van der Waals surface area contributed by atoms with Gasteiger partial charge in [-0.3, -0.25) is 0 Å². The topological polar surface area (TPSA) is 0 Å². The predicted molar refractivity (Wildman–Crippen MR) is 169 cm³/mol. The first kappa shape index (κ1) is 32.1. The average molecular weight is 533 g/mol. The van der Waals surface area contributed by atoms with Gasteiger partial charge in [-0.05, 0) is 35.8 Å². The SMILES string of the molecule is CCCCCCCCCCCCC1CSC(CCCCCCCCCCCC)(c2ccccc2)SC1. The van der Waals surface area contributed by atoms with Crippen molar-refractivity contribution in [2.24, 2.45) is 5.92 Å². The molecule has 1 heterocycles. The molecule has 36 heavy (non-hydrogen) atoms. The quantitative estimate of drug-likeness (QED) is 0.128. The normalized spacial score (nSPS) is 20.1. The van der Waals surface area contributed by atoms with Gasteiger partial charge in [0.1, 0.15) is 0 Å². The molecule has 1 saturated heterocycles. The van der Waals surface area contributed by atoms with Crippen LogP contribution in [0.4, 0.5) is 0 Å². The van der Waals surface area contributed by atoms with E-state index in [9.17, 15) is 0 Å². The van der Waals surface area contributed by atoms with Crippen LogP contribution in [0.3, 0.4) is 0 Å². The lowest BCUT2D eigenvalue weighted by Crippen LogP contribution is -2.27. The van der Waals surface area contributed by atoms with Crippen molar-refractivity contribution in [1.29, 1.82) is 0 Å². The van der Waals surface area contributed by atoms with Crippen molar-refractivity contribution in [3.8, 4) is 0 Å². The second-order valence-corrected chi connectivity index (χ2v) is 14.4. The summed E-state index contributed by atoms with van der Waals surface area (Å²) in [5.41, 5.74) is 1.58. The number of benzene rings is 1. The van der Waals surface area contributed by atoms with Gasteiger partial charge in [-0.25, -0.2) is 0 Å². The van der Waals surface area contributed by atoms with Crippen LogP contribution in [0.2, 0.25) is 0 Å². The third kappa shape index (κ3) is 14.2. The summed E-state index contributed by atoms with van der Waals surface area (Å²) in [4.78, 5) is 0. The van der Waals surface area contributed by atoms with Crippen LogP contribution in [0.1, 0.15) is 161 Å². The van der Waals surface area contributed by atoms with E-state index >= 15 is 0 Å². The molecule has 208 valence electrons. The summed E-state index contributed by atoms with van der Waals surface area (Å²) in [5.74, 6) is 3.67. The van der Waals surface area contributed by atoms with E-state index in [1.165, 1.54) is 153 Å². The van der Waals surface area contributed by atoms with Crippen molar-refractivity contribution >= 4 is 23.5 Å². The Labute approximate surface area is 235 Å². The highest BCUT2D eigenvalue weighted by Gasteiger charge is 2.37. The third-order valence-electron chi connectivity index (χ3n) is 8.14. The Morgan fingerprint density at radius 2 is 0.972 bits per heavy atom. The van der Waals surface area contributed by atoms with Crippen LogP contribution in [0.5, 0.6) is 0 Å². The highest BCUT2D eigenvalue weighted by atomic mass is 32.2. The van der Waals surface area contributed by atoms with Gasteiger partial charge >= 0.3 is 0 Å². The summed E-state index contributed by atoms with van der Waals surface area (Å²) in [6.07, 6.45) is 31.6. The fraction of sp³-hybridized carbons (Fsp3) is 0.824. The number of thioether (sulfide) groups is 2. The first-order valence-corrected chi connectivity index (χ1v) is 18.1. The van der Waals surface area contributed by atoms with Gasteiger partial charge in [0.2, 0.25) is 0 Å². The van der Waals surface area contributed by atoms with E-state index in [1.807, 2.05) is 0 Å². The second-order valence-electron chi connectivity index (χ2n) is 11.5. The van der Waals surface area contributed by atoms with Crippen LogP contribution in [0.25, 0.3) is 0 Å². The van der Waals surface area contributed by atoms with E-state index in [4.69, 9.17) is 0 Å². The molecule has 0 spiro atoms. The van der Waals surface area contributed by atoms with Gasteiger partial charge in [0.25, 0.3) is 0 Å². The van der Waals surface area contributed by atoms with E-state index in [2.05, 4.69) is 67.7 Å². The van der Waals surface area contributed by atoms with Gasteiger partial charge in [0.15, 0.2) is 0 Å². The minimum atomic E-state index is 0.315. The van der Waals surface area contributed by atoms with Gasteiger partial charge < -0.3 is 0 Å². The van der Waals surface area contributed by atoms with Crippen molar-refractivity contribution in [2.75, 3.05) is 11.5 Å². The minimum Gasteiger partial charge on any atom is -0.139 e. The third-order valence-corrected chi connectivity index (χ3v) is 11.9. The highest BCUT2D eigenvalue weighted by molar-refractivity contribution is 8.18. The van der Waals surface area contributed by atoms with Gasteiger partial charge in [-0.2, -0.15) is 0 Å². The molecule has 0 bridgehead atoms. The zero-order valence-corrected chi connectivity index (χ0v) is 25.9. The molecule has 0 aliphatic carbocycles. The summed E-state index contributed by atoms with van der Waals surface area (Å²) in [7, 11) is 0. The number of rotatable bonds is 23. The summed E-state index contributed by atoms with van der Waals surface area (Å²) >= 11 is 4.59. The molecule has 0 radical (unpaired) electrons. The largest absolute Gasteiger partial charge is 0.139 e. The van der Waals surface area contributed by atoms with Gasteiger partial charge in [-0.15, -0.1) is 23.5 Å². The maximum absolute atomic E-state index is 2.40. The lowest BCUT2D eigenvalue weighted by atomic mass is 10.0. The number of unbranched alkanes of at least 4 members (excludes halogenated alkanes) is 18. The van der Waals surface area contributed by atoms with Crippen LogP contribution in [0.15, 0.2) is 30.3 Å². The Balaban J connectivity index is 1.60. The van der Waals surface area contributed by atoms with Crippen molar-refractivity contribution in [3.05, 3.63) is 35.9 Å². The summed E-state index contributed by atoms with van der Waals surface area (Å²) in [5, 5.41) is 0. The molecule has 0 unspecified atom stereocenters. The average Bonchev–Trinajstić information content (AvgIpc) is 2.92. The molecule has 0 saturated carbocycles. The summed E-state index contributed by atoms with van der Waals surface area (Å²) in [6, 6.07) is 11.5. The molecule has 0 N–H and O–H groups in total. The van der Waals surface area contributed by atoms with E-state index in [-0.39, 0.29) is 0 Å². The second kappa shape index (κ2) is 21.8. The maximum atomic E-state index is 2.40. The molecular weight excluding hydrogens is 473 g/mol. The molecular formula is C34H60S2. The van der Waals surface area contributed by atoms with Crippen LogP contribution in [-0.4, -0.2) is 11.5 Å². The molecule has 0 atom stereocenters. The van der Waals surface area contributed by atoms with E-state index in [1.54, 1.807) is 5.56 Å². The van der Waals surface area contributed by atoms with Gasteiger partial charge in [0.05, 0.1) is 4.08 Å². The first-order chi connectivity index (χ1) is 17.8. The molecule has 1 aliphatic rings. The molecule has 1 aliphatic heterocycles. The Bertz CT molecular complexity index is 590. The van der Waals surface area contributed by atoms with Crippen LogP contribution >= 0.6 is 23.5 Å². The zero-order valence-electron chi connectivity index (χ0n) is 24.3. The fourth-order valence-electron chi connectivity index (χ4n) is 5.67. The maximum Gasteiger partial charge on any atom is 0.0860 e. The summed E-state index contributed by atoms with van der Waals surface area (Å²) < 4.78 is 0.315. The van der Waals surface area contributed by atoms with Crippen molar-refractivity contribution < 1.29 is 0 Å². The predicted octanol–water partition coefficient (Wildman–Crippen LogP) is 12.6. The van der Waals surface area contributed by atoms with E-state index in [0.717, 1.165) is 5.92 Å². The van der Waals surface area contributed by atoms with Crippen LogP contribution in [-0.2, 0) is 4.08 Å². The molecule has 1 aromatic rings. The Morgan fingerprint density at radius 1 is 0.556 bits per heavy atom. The van der Waals surface area contributed by atoms with Gasteiger partial charge in [-0.1, -0.05) is 173 Å². The highest BCUT2D eigenvalue weighted by Crippen LogP contribution is 2.55. The van der Waals surface area contributed by atoms with E-state index < -0.39 is 0 Å². The lowest BCUT2D eigenvalue weighted by molar-refractivity contribution is 0.507. The van der Waals surface area contributed by atoms with Gasteiger partial charge in [0, 0.05) is 0 Å². The Kier molecular flexibility index (Phi) is 19.5. The molecule has 0 nitrogen and oxygen atoms in total. The summed E-state index contributed by atoms with van der Waals surface area (Å²) in [6.45, 7) is 4.62. The molecule has 2 heteroatoms. The first-order valence-electron chi connectivity index (χ1n) is 16.1. The zero-order chi connectivity index (χ0) is 25.6. The molecule has 0 amide bonds. The van der Waals surface area contributed by atoms with Crippen molar-refractivity contribution in [1.82, 2.24) is 0 Å². The molecule has 1 aromatic carbocycles. The molecule has 2 rings (SSSR count). The minimum absolute atomic E-state index is 0.315. The monoisotopic (exact) mass is 532 g/mol. The van der Waals surface area contributed by atoms with Crippen LogP contribution < -0.4 is 0 Å². The molecule has 1 fully saturated rings.